The Morgan fingerprint density at radius 1 is 1.57 bits per heavy atom. The number of nitrogens with one attached hydrogen (secondary N) is 1. The van der Waals surface area contributed by atoms with Crippen molar-refractivity contribution in [2.45, 2.75) is 13.0 Å². The molecule has 2 N–H and O–H groups in total. The summed E-state index contributed by atoms with van der Waals surface area (Å²) in [6, 6.07) is 4.54. The Bertz CT molecular complexity index is 302. The van der Waals surface area contributed by atoms with Crippen molar-refractivity contribution in [3.63, 3.8) is 0 Å². The molecule has 3 nitrogen and oxygen atoms in total. The van der Waals surface area contributed by atoms with Crippen LogP contribution in [-0.4, -0.2) is 24.9 Å². The lowest BCUT2D eigenvalue weighted by molar-refractivity contribution is 0.208. The van der Waals surface area contributed by atoms with Crippen molar-refractivity contribution < 1.29 is 14.2 Å². The molecule has 0 aliphatic carbocycles. The third-order valence-corrected chi connectivity index (χ3v) is 1.76. The maximum absolute atomic E-state index is 13.3. The zero-order chi connectivity index (χ0) is 10.6. The van der Waals surface area contributed by atoms with Crippen LogP contribution in [-0.2, 0) is 0 Å². The maximum atomic E-state index is 13.3. The second-order valence-corrected chi connectivity index (χ2v) is 3.08. The number of anilines is 1. The van der Waals surface area contributed by atoms with E-state index in [1.165, 1.54) is 13.2 Å². The zero-order valence-corrected chi connectivity index (χ0v) is 8.25. The van der Waals surface area contributed by atoms with Crippen molar-refractivity contribution in [3.05, 3.63) is 24.0 Å². The Hall–Kier alpha value is -1.29. The number of hydrogen-bond acceptors (Lipinski definition) is 3. The molecule has 1 aromatic carbocycles. The number of benzene rings is 1. The van der Waals surface area contributed by atoms with Gasteiger partial charge in [0, 0.05) is 12.6 Å². The van der Waals surface area contributed by atoms with Gasteiger partial charge in [-0.2, -0.15) is 0 Å². The van der Waals surface area contributed by atoms with E-state index in [1.54, 1.807) is 19.1 Å². The van der Waals surface area contributed by atoms with Gasteiger partial charge in [0.15, 0.2) is 0 Å². The highest BCUT2D eigenvalue weighted by Crippen LogP contribution is 2.19. The molecule has 0 heterocycles. The van der Waals surface area contributed by atoms with Gasteiger partial charge in [0.05, 0.1) is 18.9 Å². The fraction of sp³-hybridized carbons (Fsp3) is 0.400. The van der Waals surface area contributed by atoms with E-state index in [-0.39, 0.29) is 5.82 Å². The smallest absolute Gasteiger partial charge is 0.149 e. The lowest BCUT2D eigenvalue weighted by Crippen LogP contribution is -2.15. The van der Waals surface area contributed by atoms with Gasteiger partial charge in [0.2, 0.25) is 0 Å². The predicted octanol–water partition coefficient (Wildman–Crippen LogP) is 1.63. The van der Waals surface area contributed by atoms with Gasteiger partial charge in [-0.1, -0.05) is 0 Å². The molecule has 14 heavy (non-hydrogen) atoms. The Kier molecular flexibility index (Phi) is 3.71. The summed E-state index contributed by atoms with van der Waals surface area (Å²) in [6.45, 7) is 1.96. The molecule has 1 rings (SSSR count). The Morgan fingerprint density at radius 3 is 2.79 bits per heavy atom. The molecule has 1 aromatic rings. The predicted molar refractivity (Wildman–Crippen MR) is 53.1 cm³/mol. The molecule has 0 aromatic heterocycles. The Balaban J connectivity index is 2.69. The van der Waals surface area contributed by atoms with Crippen molar-refractivity contribution in [2.75, 3.05) is 19.0 Å². The Morgan fingerprint density at radius 2 is 2.29 bits per heavy atom. The molecule has 0 spiro atoms. The molecule has 4 heteroatoms. The fourth-order valence-electron chi connectivity index (χ4n) is 1.02. The van der Waals surface area contributed by atoms with E-state index >= 15 is 0 Å². The molecule has 1 atom stereocenters. The monoisotopic (exact) mass is 199 g/mol. The minimum absolute atomic E-state index is 0.323. The summed E-state index contributed by atoms with van der Waals surface area (Å²) in [5.74, 6) is 0.0927. The SMILES string of the molecule is COc1ccc(NCC(C)O)c(F)c1. The minimum atomic E-state index is -0.503. The molecule has 0 aliphatic heterocycles. The van der Waals surface area contributed by atoms with Crippen LogP contribution in [0.5, 0.6) is 5.75 Å². The normalized spacial score (nSPS) is 12.3. The van der Waals surface area contributed by atoms with Crippen LogP contribution in [0.2, 0.25) is 0 Å². The number of hydrogen-bond donors (Lipinski definition) is 2. The molecule has 78 valence electrons. The first kappa shape index (κ1) is 10.8. The van der Waals surface area contributed by atoms with Crippen LogP contribution < -0.4 is 10.1 Å². The molecule has 0 aliphatic rings. The van der Waals surface area contributed by atoms with E-state index < -0.39 is 6.10 Å². The highest BCUT2D eigenvalue weighted by atomic mass is 19.1. The summed E-state index contributed by atoms with van der Waals surface area (Å²) in [5.41, 5.74) is 0.367. The average Bonchev–Trinajstić information content (AvgIpc) is 2.15. The van der Waals surface area contributed by atoms with Crippen molar-refractivity contribution >= 4 is 5.69 Å². The van der Waals surface area contributed by atoms with E-state index in [0.29, 0.717) is 18.0 Å². The molecule has 0 amide bonds. The first-order valence-corrected chi connectivity index (χ1v) is 4.39. The molecule has 0 bridgehead atoms. The third-order valence-electron chi connectivity index (χ3n) is 1.76. The fourth-order valence-corrected chi connectivity index (χ4v) is 1.02. The number of methoxy groups -OCH3 is 1. The van der Waals surface area contributed by atoms with Crippen LogP contribution >= 0.6 is 0 Å². The summed E-state index contributed by atoms with van der Waals surface area (Å²) < 4.78 is 18.1. The number of ether oxygens (including phenoxy) is 1. The van der Waals surface area contributed by atoms with E-state index in [4.69, 9.17) is 9.84 Å². The molecule has 0 radical (unpaired) electrons. The summed E-state index contributed by atoms with van der Waals surface area (Å²) in [6.07, 6.45) is -0.503. The van der Waals surface area contributed by atoms with Crippen molar-refractivity contribution in [2.24, 2.45) is 0 Å². The number of rotatable bonds is 4. The molecular weight excluding hydrogens is 185 g/mol. The van der Waals surface area contributed by atoms with Crippen LogP contribution in [0.3, 0.4) is 0 Å². The number of aliphatic hydroxyl groups excluding tert-OH is 1. The molecule has 1 unspecified atom stereocenters. The van der Waals surface area contributed by atoms with Gasteiger partial charge in [0.25, 0.3) is 0 Å². The highest BCUT2D eigenvalue weighted by molar-refractivity contribution is 5.48. The summed E-state index contributed by atoms with van der Waals surface area (Å²) in [7, 11) is 1.48. The van der Waals surface area contributed by atoms with Crippen LogP contribution in [0, 0.1) is 5.82 Å². The number of halogens is 1. The first-order chi connectivity index (χ1) is 6.63. The lowest BCUT2D eigenvalue weighted by Gasteiger charge is -2.09. The van der Waals surface area contributed by atoms with Crippen molar-refractivity contribution in [1.82, 2.24) is 0 Å². The Labute approximate surface area is 82.5 Å². The summed E-state index contributed by atoms with van der Waals surface area (Å²) in [5, 5.41) is 11.8. The van der Waals surface area contributed by atoms with E-state index in [1.807, 2.05) is 0 Å². The first-order valence-electron chi connectivity index (χ1n) is 4.39. The largest absolute Gasteiger partial charge is 0.497 e. The maximum Gasteiger partial charge on any atom is 0.149 e. The van der Waals surface area contributed by atoms with Gasteiger partial charge in [-0.3, -0.25) is 0 Å². The lowest BCUT2D eigenvalue weighted by atomic mass is 10.2. The van der Waals surface area contributed by atoms with Crippen LogP contribution in [0.25, 0.3) is 0 Å². The number of aliphatic hydroxyl groups is 1. The molecule has 0 saturated carbocycles. The summed E-state index contributed by atoms with van der Waals surface area (Å²) in [4.78, 5) is 0. The average molecular weight is 199 g/mol. The van der Waals surface area contributed by atoms with Crippen molar-refractivity contribution in [1.29, 1.82) is 0 Å². The van der Waals surface area contributed by atoms with Gasteiger partial charge in [-0.15, -0.1) is 0 Å². The quantitative estimate of drug-likeness (QED) is 0.774. The summed E-state index contributed by atoms with van der Waals surface area (Å²) >= 11 is 0. The van der Waals surface area contributed by atoms with Crippen LogP contribution in [0.15, 0.2) is 18.2 Å². The second kappa shape index (κ2) is 4.81. The molecule has 0 saturated heterocycles. The van der Waals surface area contributed by atoms with Gasteiger partial charge in [-0.05, 0) is 19.1 Å². The minimum Gasteiger partial charge on any atom is -0.497 e. The zero-order valence-electron chi connectivity index (χ0n) is 8.25. The highest BCUT2D eigenvalue weighted by Gasteiger charge is 2.04. The van der Waals surface area contributed by atoms with Gasteiger partial charge >= 0.3 is 0 Å². The van der Waals surface area contributed by atoms with E-state index in [0.717, 1.165) is 0 Å². The third kappa shape index (κ3) is 2.88. The topological polar surface area (TPSA) is 41.5 Å². The van der Waals surface area contributed by atoms with Crippen LogP contribution in [0.4, 0.5) is 10.1 Å². The van der Waals surface area contributed by atoms with E-state index in [9.17, 15) is 4.39 Å². The van der Waals surface area contributed by atoms with Crippen molar-refractivity contribution in [3.8, 4) is 5.75 Å². The molecule has 0 fully saturated rings. The van der Waals surface area contributed by atoms with Gasteiger partial charge in [0.1, 0.15) is 11.6 Å². The standard InChI is InChI=1S/C10H14FNO2/c1-7(13)6-12-10-4-3-8(14-2)5-9(10)11/h3-5,7,12-13H,6H2,1-2H3. The van der Waals surface area contributed by atoms with Crippen LogP contribution in [0.1, 0.15) is 6.92 Å². The van der Waals surface area contributed by atoms with E-state index in [2.05, 4.69) is 5.32 Å². The molecular formula is C10H14FNO2. The second-order valence-electron chi connectivity index (χ2n) is 3.08. The van der Waals surface area contributed by atoms with Gasteiger partial charge < -0.3 is 15.2 Å². The van der Waals surface area contributed by atoms with Gasteiger partial charge in [-0.25, -0.2) is 4.39 Å².